The number of aromatic nitrogens is 1. The quantitative estimate of drug-likeness (QED) is 0.612. The van der Waals surface area contributed by atoms with E-state index in [4.69, 9.17) is 10.5 Å². The van der Waals surface area contributed by atoms with Crippen LogP contribution in [-0.2, 0) is 11.2 Å². The third-order valence-electron chi connectivity index (χ3n) is 2.22. The zero-order chi connectivity index (χ0) is 8.13. The smallest absolute Gasteiger partial charge is 0.180 e. The van der Waals surface area contributed by atoms with Crippen molar-refractivity contribution in [2.24, 2.45) is 0 Å². The van der Waals surface area contributed by atoms with Gasteiger partial charge in [0.05, 0.1) is 11.8 Å². The van der Waals surface area contributed by atoms with Gasteiger partial charge < -0.3 is 10.5 Å². The molecule has 0 saturated heterocycles. The van der Waals surface area contributed by atoms with Gasteiger partial charge in [0, 0.05) is 11.3 Å². The zero-order valence-electron chi connectivity index (χ0n) is 6.36. The molecular formula is C8H8N2OS. The van der Waals surface area contributed by atoms with Gasteiger partial charge in [0.15, 0.2) is 5.13 Å². The first-order valence-corrected chi connectivity index (χ1v) is 4.73. The van der Waals surface area contributed by atoms with E-state index in [-0.39, 0.29) is 12.2 Å². The van der Waals surface area contributed by atoms with E-state index in [1.54, 1.807) is 11.3 Å². The number of nitrogens with zero attached hydrogens (tertiary/aromatic N) is 1. The van der Waals surface area contributed by atoms with E-state index < -0.39 is 0 Å². The number of fused-ring (bicyclic) bond motifs is 4. The summed E-state index contributed by atoms with van der Waals surface area (Å²) in [5, 5.41) is 0.657. The van der Waals surface area contributed by atoms with Crippen LogP contribution in [0.15, 0.2) is 12.2 Å². The van der Waals surface area contributed by atoms with Crippen LogP contribution in [0.5, 0.6) is 0 Å². The highest BCUT2D eigenvalue weighted by atomic mass is 32.1. The Morgan fingerprint density at radius 2 is 2.50 bits per heavy atom. The topological polar surface area (TPSA) is 48.1 Å². The number of thiazole rings is 1. The molecule has 3 heterocycles. The van der Waals surface area contributed by atoms with Gasteiger partial charge >= 0.3 is 0 Å². The van der Waals surface area contributed by atoms with Crippen LogP contribution in [-0.4, -0.2) is 11.1 Å². The highest BCUT2D eigenvalue weighted by molar-refractivity contribution is 7.15. The van der Waals surface area contributed by atoms with Crippen molar-refractivity contribution in [2.45, 2.75) is 18.6 Å². The predicted octanol–water partition coefficient (Wildman–Crippen LogP) is 1.28. The largest absolute Gasteiger partial charge is 0.375 e. The summed E-state index contributed by atoms with van der Waals surface area (Å²) in [6, 6.07) is 0. The number of ether oxygens (including phenoxy) is 1. The zero-order valence-corrected chi connectivity index (χ0v) is 7.17. The van der Waals surface area contributed by atoms with Gasteiger partial charge in [-0.25, -0.2) is 4.98 Å². The fraction of sp³-hybridized carbons (Fsp3) is 0.375. The van der Waals surface area contributed by atoms with Crippen LogP contribution in [0.1, 0.15) is 16.7 Å². The molecule has 2 atom stereocenters. The Hall–Kier alpha value is -0.870. The highest BCUT2D eigenvalue weighted by Gasteiger charge is 2.32. The minimum Gasteiger partial charge on any atom is -0.375 e. The van der Waals surface area contributed by atoms with Gasteiger partial charge in [-0.2, -0.15) is 0 Å². The second-order valence-electron chi connectivity index (χ2n) is 3.04. The molecule has 0 radical (unpaired) electrons. The molecule has 0 aliphatic carbocycles. The molecule has 4 heteroatoms. The van der Waals surface area contributed by atoms with Crippen molar-refractivity contribution in [1.82, 2.24) is 4.98 Å². The van der Waals surface area contributed by atoms with Crippen molar-refractivity contribution in [2.75, 3.05) is 5.73 Å². The summed E-state index contributed by atoms with van der Waals surface area (Å²) in [7, 11) is 0. The summed E-state index contributed by atoms with van der Waals surface area (Å²) in [5.74, 6) is 0. The Bertz CT molecular complexity index is 358. The lowest BCUT2D eigenvalue weighted by atomic mass is 10.1. The standard InChI is InChI=1S/C8H8N2OS/c9-8-10-7-5-2-1-4(11-5)3-6(7)12-8/h1-2,4-5H,3H2,(H2,9,10). The minimum atomic E-state index is 0.0762. The average molecular weight is 180 g/mol. The van der Waals surface area contributed by atoms with Gasteiger partial charge in [-0.3, -0.25) is 0 Å². The van der Waals surface area contributed by atoms with E-state index in [2.05, 4.69) is 17.1 Å². The molecular weight excluding hydrogens is 172 g/mol. The van der Waals surface area contributed by atoms with Gasteiger partial charge in [-0.05, 0) is 0 Å². The molecule has 62 valence electrons. The third kappa shape index (κ3) is 0.763. The lowest BCUT2D eigenvalue weighted by molar-refractivity contribution is 0.0468. The molecule has 3 nitrogen and oxygen atoms in total. The van der Waals surface area contributed by atoms with E-state index in [0.717, 1.165) is 12.1 Å². The normalized spacial score (nSPS) is 30.7. The highest BCUT2D eigenvalue weighted by Crippen LogP contribution is 2.39. The molecule has 0 spiro atoms. The van der Waals surface area contributed by atoms with Crippen molar-refractivity contribution in [3.05, 3.63) is 22.7 Å². The molecule has 2 unspecified atom stereocenters. The fourth-order valence-corrected chi connectivity index (χ4v) is 2.62. The van der Waals surface area contributed by atoms with Crippen LogP contribution in [0, 0.1) is 0 Å². The molecule has 1 aromatic rings. The molecule has 2 N–H and O–H groups in total. The van der Waals surface area contributed by atoms with Crippen LogP contribution in [0.3, 0.4) is 0 Å². The van der Waals surface area contributed by atoms with E-state index >= 15 is 0 Å². The Morgan fingerprint density at radius 1 is 1.58 bits per heavy atom. The summed E-state index contributed by atoms with van der Waals surface area (Å²) in [4.78, 5) is 5.54. The second kappa shape index (κ2) is 2.08. The lowest BCUT2D eigenvalue weighted by Gasteiger charge is -2.18. The van der Waals surface area contributed by atoms with Gasteiger partial charge in [0.1, 0.15) is 6.10 Å². The molecule has 0 saturated carbocycles. The van der Waals surface area contributed by atoms with Crippen molar-refractivity contribution >= 4 is 16.5 Å². The van der Waals surface area contributed by atoms with Crippen LogP contribution < -0.4 is 5.73 Å². The first-order valence-electron chi connectivity index (χ1n) is 3.92. The predicted molar refractivity (Wildman–Crippen MR) is 47.0 cm³/mol. The van der Waals surface area contributed by atoms with Gasteiger partial charge in [0.2, 0.25) is 0 Å². The fourth-order valence-electron chi connectivity index (χ4n) is 1.71. The maximum atomic E-state index is 5.62. The number of anilines is 1. The maximum absolute atomic E-state index is 5.62. The summed E-state index contributed by atoms with van der Waals surface area (Å²) >= 11 is 1.58. The maximum Gasteiger partial charge on any atom is 0.180 e. The molecule has 0 aromatic carbocycles. The Kier molecular flexibility index (Phi) is 1.15. The first kappa shape index (κ1) is 6.62. The number of hydrogen-bond acceptors (Lipinski definition) is 4. The number of nitrogen functional groups attached to an aromatic ring is 1. The summed E-state index contributed by atoms with van der Waals surface area (Å²) in [6.07, 6.45) is 5.46. The van der Waals surface area contributed by atoms with Crippen molar-refractivity contribution in [3.8, 4) is 0 Å². The van der Waals surface area contributed by atoms with E-state index in [0.29, 0.717) is 5.13 Å². The molecule has 1 aromatic heterocycles. The molecule has 0 fully saturated rings. The van der Waals surface area contributed by atoms with Crippen LogP contribution in [0.4, 0.5) is 5.13 Å². The lowest BCUT2D eigenvalue weighted by Crippen LogP contribution is -2.17. The molecule has 2 aliphatic rings. The van der Waals surface area contributed by atoms with Crippen molar-refractivity contribution < 1.29 is 4.74 Å². The summed E-state index contributed by atoms with van der Waals surface area (Å²) in [5.41, 5.74) is 6.65. The van der Waals surface area contributed by atoms with Gasteiger partial charge in [-0.15, -0.1) is 11.3 Å². The average Bonchev–Trinajstić information content (AvgIpc) is 2.57. The second-order valence-corrected chi connectivity index (χ2v) is 4.16. The number of nitrogens with two attached hydrogens (primary N) is 1. The van der Waals surface area contributed by atoms with Gasteiger partial charge in [-0.1, -0.05) is 12.2 Å². The molecule has 3 rings (SSSR count). The SMILES string of the molecule is Nc1nc2c(s1)CC1C=CC2O1. The van der Waals surface area contributed by atoms with Crippen LogP contribution >= 0.6 is 11.3 Å². The molecule has 2 bridgehead atoms. The summed E-state index contributed by atoms with van der Waals surface area (Å²) in [6.45, 7) is 0. The Morgan fingerprint density at radius 3 is 3.42 bits per heavy atom. The van der Waals surface area contributed by atoms with Gasteiger partial charge in [0.25, 0.3) is 0 Å². The Labute approximate surface area is 73.9 Å². The third-order valence-corrected chi connectivity index (χ3v) is 3.14. The summed E-state index contributed by atoms with van der Waals surface area (Å²) < 4.78 is 5.61. The van der Waals surface area contributed by atoms with Crippen LogP contribution in [0.25, 0.3) is 0 Å². The van der Waals surface area contributed by atoms with Crippen molar-refractivity contribution in [3.63, 3.8) is 0 Å². The molecule has 12 heavy (non-hydrogen) atoms. The Balaban J connectivity index is 2.16. The van der Waals surface area contributed by atoms with Crippen LogP contribution in [0.2, 0.25) is 0 Å². The van der Waals surface area contributed by atoms with Crippen molar-refractivity contribution in [1.29, 1.82) is 0 Å². The molecule has 2 aliphatic heterocycles. The molecule has 0 amide bonds. The number of rotatable bonds is 0. The monoisotopic (exact) mass is 180 g/mol. The number of hydrogen-bond donors (Lipinski definition) is 1. The van der Waals surface area contributed by atoms with E-state index in [9.17, 15) is 0 Å². The first-order chi connectivity index (χ1) is 5.83. The minimum absolute atomic E-state index is 0.0762. The van der Waals surface area contributed by atoms with E-state index in [1.807, 2.05) is 0 Å². The van der Waals surface area contributed by atoms with E-state index in [1.165, 1.54) is 4.88 Å².